The van der Waals surface area contributed by atoms with Crippen LogP contribution in [0.25, 0.3) is 16.7 Å². The van der Waals surface area contributed by atoms with Crippen molar-refractivity contribution in [1.29, 1.82) is 0 Å². The highest BCUT2D eigenvalue weighted by Gasteiger charge is 2.17. The van der Waals surface area contributed by atoms with Crippen molar-refractivity contribution >= 4 is 16.8 Å². The number of nitrogens with two attached hydrogens (primary N) is 1. The zero-order valence-electron chi connectivity index (χ0n) is 16.3. The van der Waals surface area contributed by atoms with Crippen LogP contribution < -0.4 is 11.1 Å². The molecule has 0 aliphatic heterocycles. The van der Waals surface area contributed by atoms with Gasteiger partial charge in [-0.25, -0.2) is 9.67 Å². The van der Waals surface area contributed by atoms with E-state index in [9.17, 15) is 4.79 Å². The Balaban J connectivity index is 1.71. The maximum Gasteiger partial charge on any atom is 0.252 e. The number of nitrogens with one attached hydrogen (secondary N) is 1. The number of aromatic nitrogens is 4. The van der Waals surface area contributed by atoms with Gasteiger partial charge in [0.15, 0.2) is 5.82 Å². The number of carbonyl (C=O) groups excluding carboxylic acids is 1. The van der Waals surface area contributed by atoms with E-state index in [4.69, 9.17) is 5.73 Å². The van der Waals surface area contributed by atoms with E-state index >= 15 is 0 Å². The lowest BCUT2D eigenvalue weighted by Gasteiger charge is -2.18. The number of pyridine rings is 1. The maximum absolute atomic E-state index is 13.0. The van der Waals surface area contributed by atoms with Gasteiger partial charge in [-0.05, 0) is 48.7 Å². The van der Waals surface area contributed by atoms with Crippen LogP contribution in [-0.4, -0.2) is 25.9 Å². The second-order valence-electron chi connectivity index (χ2n) is 6.98. The topological polar surface area (TPSA) is 98.7 Å². The van der Waals surface area contributed by atoms with Gasteiger partial charge in [0.25, 0.3) is 5.91 Å². The number of para-hydroxylation sites is 1. The summed E-state index contributed by atoms with van der Waals surface area (Å²) in [7, 11) is 0. The molecule has 146 valence electrons. The summed E-state index contributed by atoms with van der Waals surface area (Å²) in [6, 6.07) is 15.3. The van der Waals surface area contributed by atoms with Crippen molar-refractivity contribution in [1.82, 2.24) is 25.3 Å². The van der Waals surface area contributed by atoms with Crippen molar-refractivity contribution in [3.8, 4) is 5.82 Å². The number of carbonyl (C=O) groups is 1. The number of amides is 1. The number of hydrogen-bond donors (Lipinski definition) is 2. The van der Waals surface area contributed by atoms with Crippen LogP contribution in [-0.2, 0) is 6.54 Å². The summed E-state index contributed by atoms with van der Waals surface area (Å²) < 4.78 is 1.61. The van der Waals surface area contributed by atoms with Crippen molar-refractivity contribution in [3.05, 3.63) is 83.2 Å². The molecule has 3 N–H and O–H groups in total. The first-order valence-corrected chi connectivity index (χ1v) is 9.43. The molecule has 0 bridgehead atoms. The van der Waals surface area contributed by atoms with Crippen molar-refractivity contribution < 1.29 is 4.79 Å². The molecule has 0 aliphatic carbocycles. The summed E-state index contributed by atoms with van der Waals surface area (Å²) in [5, 5.41) is 12.0. The first-order chi connectivity index (χ1) is 14.1. The largest absolute Gasteiger partial charge is 0.345 e. The Morgan fingerprint density at radius 3 is 2.79 bits per heavy atom. The van der Waals surface area contributed by atoms with Gasteiger partial charge in [-0.15, -0.1) is 5.10 Å². The summed E-state index contributed by atoms with van der Waals surface area (Å²) in [6.45, 7) is 4.28. The van der Waals surface area contributed by atoms with Crippen LogP contribution in [0.2, 0.25) is 0 Å². The van der Waals surface area contributed by atoms with Gasteiger partial charge >= 0.3 is 0 Å². The molecule has 2 aromatic heterocycles. The fraction of sp³-hybridized carbons (Fsp3) is 0.182. The van der Waals surface area contributed by atoms with E-state index in [-0.39, 0.29) is 11.9 Å². The first kappa shape index (κ1) is 18.8. The molecule has 0 radical (unpaired) electrons. The molecule has 1 atom stereocenters. The number of fused-ring (bicyclic) bond motifs is 1. The molecule has 0 aliphatic rings. The molecule has 2 heterocycles. The average molecular weight is 386 g/mol. The smallest absolute Gasteiger partial charge is 0.252 e. The van der Waals surface area contributed by atoms with E-state index in [1.54, 1.807) is 17.1 Å². The fourth-order valence-corrected chi connectivity index (χ4v) is 3.39. The summed E-state index contributed by atoms with van der Waals surface area (Å²) in [5.74, 6) is 0.520. The molecule has 4 rings (SSSR count). The maximum atomic E-state index is 13.0. The normalized spacial score (nSPS) is 12.1. The third kappa shape index (κ3) is 3.72. The van der Waals surface area contributed by atoms with Gasteiger partial charge in [0.2, 0.25) is 0 Å². The first-order valence-electron chi connectivity index (χ1n) is 9.43. The predicted molar refractivity (Wildman–Crippen MR) is 112 cm³/mol. The van der Waals surface area contributed by atoms with Gasteiger partial charge in [0, 0.05) is 17.5 Å². The van der Waals surface area contributed by atoms with Crippen molar-refractivity contribution in [2.75, 3.05) is 0 Å². The quantitative estimate of drug-likeness (QED) is 0.549. The number of hydrogen-bond acceptors (Lipinski definition) is 5. The molecule has 1 amide bonds. The minimum absolute atomic E-state index is 0.131. The molecule has 0 saturated heterocycles. The number of benzene rings is 2. The van der Waals surface area contributed by atoms with Gasteiger partial charge in [0.1, 0.15) is 0 Å². The van der Waals surface area contributed by atoms with Gasteiger partial charge in [-0.1, -0.05) is 35.5 Å². The minimum atomic E-state index is -0.237. The van der Waals surface area contributed by atoms with Crippen LogP contribution in [0.15, 0.2) is 60.9 Å². The van der Waals surface area contributed by atoms with E-state index in [2.05, 4.69) is 20.6 Å². The van der Waals surface area contributed by atoms with Crippen LogP contribution in [0.3, 0.4) is 0 Å². The molecule has 4 aromatic rings. The second kappa shape index (κ2) is 7.81. The minimum Gasteiger partial charge on any atom is -0.345 e. The number of nitrogens with zero attached hydrogens (tertiary/aromatic N) is 4. The predicted octanol–water partition coefficient (Wildman–Crippen LogP) is 3.07. The molecule has 0 unspecified atom stereocenters. The molecule has 2 aromatic carbocycles. The van der Waals surface area contributed by atoms with Crippen LogP contribution in [0.1, 0.15) is 40.0 Å². The second-order valence-corrected chi connectivity index (χ2v) is 6.98. The number of rotatable bonds is 5. The zero-order chi connectivity index (χ0) is 20.4. The SMILES string of the molecule is Cc1ccc(CN)cc1C(=O)N[C@H](C)c1cc(-n2ccnn2)nc2ccccc12. The molecule has 0 fully saturated rings. The standard InChI is InChI=1S/C22H22N6O/c1-14-7-8-16(13-23)11-18(14)22(29)25-15(2)19-12-21(28-10-9-24-27-28)26-20-6-4-3-5-17(19)20/h3-12,15H,13,23H2,1-2H3,(H,25,29)/t15-/m1/s1. The zero-order valence-corrected chi connectivity index (χ0v) is 16.3. The van der Waals surface area contributed by atoms with Crippen molar-refractivity contribution in [2.24, 2.45) is 5.73 Å². The fourth-order valence-electron chi connectivity index (χ4n) is 3.39. The Hall–Kier alpha value is -3.58. The highest BCUT2D eigenvalue weighted by Crippen LogP contribution is 2.26. The highest BCUT2D eigenvalue weighted by atomic mass is 16.1. The third-order valence-electron chi connectivity index (χ3n) is 4.99. The molecule has 0 spiro atoms. The highest BCUT2D eigenvalue weighted by molar-refractivity contribution is 5.96. The van der Waals surface area contributed by atoms with Crippen LogP contribution >= 0.6 is 0 Å². The Morgan fingerprint density at radius 1 is 1.21 bits per heavy atom. The van der Waals surface area contributed by atoms with E-state index in [0.717, 1.165) is 27.6 Å². The summed E-state index contributed by atoms with van der Waals surface area (Å²) in [6.07, 6.45) is 3.35. The van der Waals surface area contributed by atoms with Crippen LogP contribution in [0.4, 0.5) is 0 Å². The van der Waals surface area contributed by atoms with E-state index in [1.165, 1.54) is 0 Å². The van der Waals surface area contributed by atoms with Crippen LogP contribution in [0, 0.1) is 6.92 Å². The van der Waals surface area contributed by atoms with Crippen molar-refractivity contribution in [2.45, 2.75) is 26.4 Å². The molecule has 29 heavy (non-hydrogen) atoms. The third-order valence-corrected chi connectivity index (χ3v) is 4.99. The Labute approximate surface area is 168 Å². The van der Waals surface area contributed by atoms with Crippen molar-refractivity contribution in [3.63, 3.8) is 0 Å². The lowest BCUT2D eigenvalue weighted by Crippen LogP contribution is -2.28. The molecule has 7 heteroatoms. The van der Waals surface area contributed by atoms with E-state index in [0.29, 0.717) is 17.9 Å². The Bertz CT molecular complexity index is 1170. The lowest BCUT2D eigenvalue weighted by molar-refractivity contribution is 0.0939. The van der Waals surface area contributed by atoms with E-state index < -0.39 is 0 Å². The van der Waals surface area contributed by atoms with Gasteiger partial charge < -0.3 is 11.1 Å². The molecular formula is C22H22N6O. The van der Waals surface area contributed by atoms with Gasteiger partial charge in [-0.2, -0.15) is 0 Å². The summed E-state index contributed by atoms with van der Waals surface area (Å²) in [4.78, 5) is 17.6. The summed E-state index contributed by atoms with van der Waals surface area (Å²) >= 11 is 0. The van der Waals surface area contributed by atoms with E-state index in [1.807, 2.05) is 62.4 Å². The Kier molecular flexibility index (Phi) is 5.05. The monoisotopic (exact) mass is 386 g/mol. The molecule has 7 nitrogen and oxygen atoms in total. The average Bonchev–Trinajstić information content (AvgIpc) is 3.28. The van der Waals surface area contributed by atoms with Crippen LogP contribution in [0.5, 0.6) is 0 Å². The number of aryl methyl sites for hydroxylation is 1. The van der Waals surface area contributed by atoms with Gasteiger partial charge in [0.05, 0.1) is 24.0 Å². The molecule has 0 saturated carbocycles. The Morgan fingerprint density at radius 2 is 2.03 bits per heavy atom. The lowest BCUT2D eigenvalue weighted by atomic mass is 10.0. The molecular weight excluding hydrogens is 364 g/mol. The van der Waals surface area contributed by atoms with Gasteiger partial charge in [-0.3, -0.25) is 4.79 Å². The summed E-state index contributed by atoms with van der Waals surface area (Å²) in [5.41, 5.74) is 10.00.